The van der Waals surface area contributed by atoms with Crippen molar-refractivity contribution < 1.29 is 9.47 Å². The van der Waals surface area contributed by atoms with Gasteiger partial charge in [-0.2, -0.15) is 0 Å². The third-order valence-corrected chi connectivity index (χ3v) is 5.42. The van der Waals surface area contributed by atoms with Crippen LogP contribution >= 0.6 is 0 Å². The molecular formula is C16H29NO2. The second-order valence-electron chi connectivity index (χ2n) is 7.09. The standard InChI is InChI=1S/C16H29NO2/c17-15(7-2-1-3-8-15)13-18-14-6-11-19-16(12-14)9-4-5-10-16/h14H,1-13,17H2. The summed E-state index contributed by atoms with van der Waals surface area (Å²) in [7, 11) is 0. The number of rotatable bonds is 3. The van der Waals surface area contributed by atoms with E-state index in [1.807, 2.05) is 0 Å². The van der Waals surface area contributed by atoms with Crippen LogP contribution in [0.2, 0.25) is 0 Å². The van der Waals surface area contributed by atoms with E-state index in [2.05, 4.69) is 0 Å². The highest BCUT2D eigenvalue weighted by Gasteiger charge is 2.41. The van der Waals surface area contributed by atoms with Crippen LogP contribution in [0.25, 0.3) is 0 Å². The lowest BCUT2D eigenvalue weighted by Crippen LogP contribution is -2.48. The molecule has 3 nitrogen and oxygen atoms in total. The summed E-state index contributed by atoms with van der Waals surface area (Å²) in [5, 5.41) is 0. The zero-order valence-corrected chi connectivity index (χ0v) is 12.2. The molecule has 3 rings (SSSR count). The maximum absolute atomic E-state index is 6.46. The normalized spacial score (nSPS) is 33.6. The van der Waals surface area contributed by atoms with Crippen molar-refractivity contribution in [2.45, 2.75) is 87.9 Å². The SMILES string of the molecule is NC1(COC2CCOC3(CCCC3)C2)CCCCC1. The fourth-order valence-electron chi connectivity index (χ4n) is 4.18. The molecule has 2 N–H and O–H groups in total. The molecule has 2 aliphatic carbocycles. The molecule has 2 saturated carbocycles. The van der Waals surface area contributed by atoms with Crippen LogP contribution in [0.15, 0.2) is 0 Å². The topological polar surface area (TPSA) is 44.5 Å². The Morgan fingerprint density at radius 1 is 1.00 bits per heavy atom. The van der Waals surface area contributed by atoms with Crippen molar-refractivity contribution in [3.63, 3.8) is 0 Å². The van der Waals surface area contributed by atoms with Gasteiger partial charge in [-0.15, -0.1) is 0 Å². The molecule has 0 aromatic carbocycles. The molecule has 19 heavy (non-hydrogen) atoms. The van der Waals surface area contributed by atoms with Gasteiger partial charge in [-0.05, 0) is 32.1 Å². The average Bonchev–Trinajstić information content (AvgIpc) is 2.86. The largest absolute Gasteiger partial charge is 0.376 e. The molecule has 3 fully saturated rings. The summed E-state index contributed by atoms with van der Waals surface area (Å²) in [6.45, 7) is 1.63. The van der Waals surface area contributed by atoms with Crippen LogP contribution in [0.1, 0.15) is 70.6 Å². The predicted octanol–water partition coefficient (Wildman–Crippen LogP) is 3.16. The highest BCUT2D eigenvalue weighted by Crippen LogP contribution is 2.41. The summed E-state index contributed by atoms with van der Waals surface area (Å²) in [6.07, 6.45) is 13.8. The fourth-order valence-corrected chi connectivity index (χ4v) is 4.18. The Hall–Kier alpha value is -0.120. The molecule has 1 atom stereocenters. The first-order valence-corrected chi connectivity index (χ1v) is 8.24. The fraction of sp³-hybridized carbons (Fsp3) is 1.00. The minimum Gasteiger partial charge on any atom is -0.376 e. The highest BCUT2D eigenvalue weighted by atomic mass is 16.5. The van der Waals surface area contributed by atoms with Crippen LogP contribution in [-0.2, 0) is 9.47 Å². The van der Waals surface area contributed by atoms with Crippen LogP contribution in [0.5, 0.6) is 0 Å². The van der Waals surface area contributed by atoms with Crippen molar-refractivity contribution in [3.05, 3.63) is 0 Å². The summed E-state index contributed by atoms with van der Waals surface area (Å²) in [6, 6.07) is 0. The van der Waals surface area contributed by atoms with Gasteiger partial charge in [-0.1, -0.05) is 32.1 Å². The number of nitrogens with two attached hydrogens (primary N) is 1. The van der Waals surface area contributed by atoms with Gasteiger partial charge in [0.2, 0.25) is 0 Å². The molecule has 1 aliphatic heterocycles. The predicted molar refractivity (Wildman–Crippen MR) is 76.1 cm³/mol. The van der Waals surface area contributed by atoms with Crippen LogP contribution < -0.4 is 5.73 Å². The quantitative estimate of drug-likeness (QED) is 0.854. The van der Waals surface area contributed by atoms with Crippen molar-refractivity contribution in [3.8, 4) is 0 Å². The van der Waals surface area contributed by atoms with Crippen molar-refractivity contribution in [1.82, 2.24) is 0 Å². The third-order valence-electron chi connectivity index (χ3n) is 5.42. The van der Waals surface area contributed by atoms with Gasteiger partial charge >= 0.3 is 0 Å². The van der Waals surface area contributed by atoms with E-state index < -0.39 is 0 Å². The summed E-state index contributed by atoms with van der Waals surface area (Å²) >= 11 is 0. The summed E-state index contributed by atoms with van der Waals surface area (Å²) < 4.78 is 12.3. The van der Waals surface area contributed by atoms with Crippen LogP contribution in [0.4, 0.5) is 0 Å². The minimum atomic E-state index is -0.0423. The molecule has 1 spiro atoms. The van der Waals surface area contributed by atoms with E-state index in [1.54, 1.807) is 0 Å². The van der Waals surface area contributed by atoms with Gasteiger partial charge in [0.05, 0.1) is 18.3 Å². The third kappa shape index (κ3) is 3.32. The number of ether oxygens (including phenoxy) is 2. The molecule has 1 saturated heterocycles. The molecule has 3 aliphatic rings. The first kappa shape index (κ1) is 13.8. The summed E-state index contributed by atoms with van der Waals surface area (Å²) in [4.78, 5) is 0. The molecule has 0 amide bonds. The molecule has 0 aromatic rings. The van der Waals surface area contributed by atoms with Crippen LogP contribution in [0.3, 0.4) is 0 Å². The molecule has 1 unspecified atom stereocenters. The highest BCUT2D eigenvalue weighted by molar-refractivity contribution is 4.93. The monoisotopic (exact) mass is 267 g/mol. The number of hydrogen-bond donors (Lipinski definition) is 1. The second-order valence-corrected chi connectivity index (χ2v) is 7.09. The molecule has 3 heteroatoms. The Bertz CT molecular complexity index is 293. The molecular weight excluding hydrogens is 238 g/mol. The van der Waals surface area contributed by atoms with Gasteiger partial charge in [-0.3, -0.25) is 0 Å². The second kappa shape index (κ2) is 5.71. The summed E-state index contributed by atoms with van der Waals surface area (Å²) in [5.74, 6) is 0. The lowest BCUT2D eigenvalue weighted by molar-refractivity contribution is -0.136. The van der Waals surface area contributed by atoms with E-state index in [-0.39, 0.29) is 11.1 Å². The maximum Gasteiger partial charge on any atom is 0.0707 e. The van der Waals surface area contributed by atoms with Gasteiger partial charge in [0.15, 0.2) is 0 Å². The molecule has 110 valence electrons. The molecule has 0 bridgehead atoms. The smallest absolute Gasteiger partial charge is 0.0707 e. The minimum absolute atomic E-state index is 0.0423. The van der Waals surface area contributed by atoms with Crippen LogP contribution in [0, 0.1) is 0 Å². The Morgan fingerprint density at radius 2 is 1.68 bits per heavy atom. The zero-order valence-electron chi connectivity index (χ0n) is 12.2. The van der Waals surface area contributed by atoms with E-state index in [0.717, 1.165) is 38.9 Å². The van der Waals surface area contributed by atoms with E-state index in [0.29, 0.717) is 6.10 Å². The van der Waals surface area contributed by atoms with Gasteiger partial charge in [0.25, 0.3) is 0 Å². The Morgan fingerprint density at radius 3 is 2.42 bits per heavy atom. The first-order chi connectivity index (χ1) is 9.20. The molecule has 0 radical (unpaired) electrons. The van der Waals surface area contributed by atoms with E-state index >= 15 is 0 Å². The van der Waals surface area contributed by atoms with Gasteiger partial charge in [0, 0.05) is 18.6 Å². The van der Waals surface area contributed by atoms with Crippen molar-refractivity contribution in [2.24, 2.45) is 5.73 Å². The van der Waals surface area contributed by atoms with Crippen molar-refractivity contribution in [1.29, 1.82) is 0 Å². The van der Waals surface area contributed by atoms with E-state index in [4.69, 9.17) is 15.2 Å². The lowest BCUT2D eigenvalue weighted by atomic mass is 9.83. The summed E-state index contributed by atoms with van der Waals surface area (Å²) in [5.41, 5.74) is 6.59. The van der Waals surface area contributed by atoms with Crippen molar-refractivity contribution >= 4 is 0 Å². The van der Waals surface area contributed by atoms with Gasteiger partial charge < -0.3 is 15.2 Å². The van der Waals surface area contributed by atoms with Gasteiger partial charge in [0.1, 0.15) is 0 Å². The maximum atomic E-state index is 6.46. The first-order valence-electron chi connectivity index (χ1n) is 8.24. The van der Waals surface area contributed by atoms with E-state index in [9.17, 15) is 0 Å². The lowest BCUT2D eigenvalue weighted by Gasteiger charge is -2.40. The Balaban J connectivity index is 1.49. The van der Waals surface area contributed by atoms with Gasteiger partial charge in [-0.25, -0.2) is 0 Å². The Labute approximate surface area is 117 Å². The Kier molecular flexibility index (Phi) is 4.16. The zero-order chi connectivity index (χ0) is 13.2. The average molecular weight is 267 g/mol. The molecule has 0 aromatic heterocycles. The number of hydrogen-bond acceptors (Lipinski definition) is 3. The van der Waals surface area contributed by atoms with Crippen LogP contribution in [-0.4, -0.2) is 30.5 Å². The van der Waals surface area contributed by atoms with Crippen molar-refractivity contribution in [2.75, 3.05) is 13.2 Å². The van der Waals surface area contributed by atoms with E-state index in [1.165, 1.54) is 44.9 Å². The molecule has 1 heterocycles.